The normalized spacial score (nSPS) is 11.5. The zero-order valence-corrected chi connectivity index (χ0v) is 21.5. The van der Waals surface area contributed by atoms with E-state index in [2.05, 4.69) is 5.09 Å². The molecule has 9 heteroatoms. The van der Waals surface area contributed by atoms with Crippen molar-refractivity contribution in [1.29, 1.82) is 0 Å². The number of anilines is 4. The second-order valence-corrected chi connectivity index (χ2v) is 11.8. The van der Waals surface area contributed by atoms with Crippen LogP contribution in [0.4, 0.5) is 22.7 Å². The Hall–Kier alpha value is -2.95. The van der Waals surface area contributed by atoms with Crippen LogP contribution in [0, 0.1) is 0 Å². The summed E-state index contributed by atoms with van der Waals surface area (Å²) in [5.74, 6) is -1.01. The van der Waals surface area contributed by atoms with Gasteiger partial charge in [-0.3, -0.25) is 19.2 Å². The van der Waals surface area contributed by atoms with Crippen molar-refractivity contribution in [2.75, 3.05) is 9.34 Å². The van der Waals surface area contributed by atoms with Gasteiger partial charge >= 0.3 is 7.59 Å². The molecule has 35 heavy (non-hydrogen) atoms. The fraction of sp³-hybridized carbons (Fsp3) is 0.0385. The number of amides is 1. The molecule has 0 aromatic heterocycles. The van der Waals surface area contributed by atoms with E-state index in [4.69, 9.17) is 34.8 Å². The third-order valence-electron chi connectivity index (χ3n) is 5.05. The van der Waals surface area contributed by atoms with Crippen molar-refractivity contribution in [1.82, 2.24) is 5.09 Å². The number of carbonyl (C=O) groups is 1. The Bertz CT molecular complexity index is 1140. The molecule has 0 saturated carbocycles. The number of rotatable bonds is 7. The molecule has 4 rings (SSSR count). The van der Waals surface area contributed by atoms with Gasteiger partial charge in [-0.05, 0) is 48.5 Å². The largest absolute Gasteiger partial charge is 0.369 e. The van der Waals surface area contributed by atoms with Crippen molar-refractivity contribution in [3.63, 3.8) is 0 Å². The second-order valence-electron chi connectivity index (χ2n) is 7.45. The Labute approximate surface area is 219 Å². The summed E-state index contributed by atoms with van der Waals surface area (Å²) < 4.78 is 16.2. The van der Waals surface area contributed by atoms with Gasteiger partial charge in [0.1, 0.15) is 0 Å². The highest BCUT2D eigenvalue weighted by Gasteiger charge is 2.45. The Morgan fingerprint density at radius 3 is 1.06 bits per heavy atom. The van der Waals surface area contributed by atoms with Gasteiger partial charge in [0, 0.05) is 0 Å². The van der Waals surface area contributed by atoms with Gasteiger partial charge < -0.3 is 0 Å². The van der Waals surface area contributed by atoms with E-state index < -0.39 is 17.3 Å². The molecule has 0 aliphatic carbocycles. The standard InChI is InChI=1S/C26H21Cl3N3O2P/c27-26(28,29)25(33)30-35(34,31(21-13-5-1-6-14-21)22-15-7-2-8-16-22)32(23-17-9-3-10-18-23)24-19-11-4-12-20-24/h1-20H,(H,30,33,34). The van der Waals surface area contributed by atoms with Crippen LogP contribution in [0.15, 0.2) is 121 Å². The van der Waals surface area contributed by atoms with Crippen molar-refractivity contribution >= 4 is 71.1 Å². The summed E-state index contributed by atoms with van der Waals surface area (Å²) in [5.41, 5.74) is 2.29. The molecule has 0 aliphatic heterocycles. The molecular weight excluding hydrogens is 524 g/mol. The van der Waals surface area contributed by atoms with Gasteiger partial charge in [0.25, 0.3) is 9.70 Å². The van der Waals surface area contributed by atoms with E-state index in [9.17, 15) is 4.79 Å². The van der Waals surface area contributed by atoms with Crippen LogP contribution < -0.4 is 14.4 Å². The van der Waals surface area contributed by atoms with Gasteiger partial charge in [0.2, 0.25) is 0 Å². The molecule has 0 heterocycles. The van der Waals surface area contributed by atoms with E-state index in [0.29, 0.717) is 22.7 Å². The van der Waals surface area contributed by atoms with Crippen molar-refractivity contribution in [3.8, 4) is 0 Å². The van der Waals surface area contributed by atoms with E-state index >= 15 is 4.57 Å². The maximum atomic E-state index is 15.4. The lowest BCUT2D eigenvalue weighted by atomic mass is 10.3. The summed E-state index contributed by atoms with van der Waals surface area (Å²) in [6.07, 6.45) is 0. The van der Waals surface area contributed by atoms with Crippen LogP contribution in [0.3, 0.4) is 0 Å². The smallest absolute Gasteiger partial charge is 0.270 e. The van der Waals surface area contributed by atoms with Crippen LogP contribution in [-0.4, -0.2) is 9.70 Å². The maximum absolute atomic E-state index is 15.4. The summed E-state index contributed by atoms with van der Waals surface area (Å²) >= 11 is 17.8. The number of hydrogen-bond donors (Lipinski definition) is 1. The van der Waals surface area contributed by atoms with Crippen LogP contribution in [0.5, 0.6) is 0 Å². The average molecular weight is 545 g/mol. The minimum atomic E-state index is -4.17. The van der Waals surface area contributed by atoms with E-state index in [1.54, 1.807) is 57.9 Å². The second kappa shape index (κ2) is 10.8. The molecule has 0 aliphatic rings. The zero-order chi connectivity index (χ0) is 24.9. The van der Waals surface area contributed by atoms with Gasteiger partial charge in [-0.1, -0.05) is 108 Å². The molecule has 1 amide bonds. The fourth-order valence-corrected chi connectivity index (χ4v) is 6.52. The Kier molecular flexibility index (Phi) is 7.73. The molecule has 0 atom stereocenters. The van der Waals surface area contributed by atoms with Crippen molar-refractivity contribution in [2.24, 2.45) is 0 Å². The summed E-state index contributed by atoms with van der Waals surface area (Å²) in [7, 11) is -4.17. The molecule has 0 unspecified atom stereocenters. The first-order valence-corrected chi connectivity index (χ1v) is 13.4. The highest BCUT2D eigenvalue weighted by Crippen LogP contribution is 2.60. The SMILES string of the molecule is O=C(NP(=O)(N(c1ccccc1)c1ccccc1)N(c1ccccc1)c1ccccc1)C(Cl)(Cl)Cl. The maximum Gasteiger partial charge on any atom is 0.369 e. The summed E-state index contributed by atoms with van der Waals surface area (Å²) in [6, 6.07) is 36.4. The molecular formula is C26H21Cl3N3O2P. The lowest BCUT2D eigenvalue weighted by Crippen LogP contribution is -2.42. The van der Waals surface area contributed by atoms with E-state index in [-0.39, 0.29) is 0 Å². The Morgan fingerprint density at radius 1 is 0.571 bits per heavy atom. The molecule has 5 nitrogen and oxygen atoms in total. The van der Waals surface area contributed by atoms with Crippen molar-refractivity contribution in [3.05, 3.63) is 121 Å². The zero-order valence-electron chi connectivity index (χ0n) is 18.3. The number of benzene rings is 4. The lowest BCUT2D eigenvalue weighted by Gasteiger charge is -2.41. The number of hydrogen-bond acceptors (Lipinski definition) is 2. The number of nitrogens with zero attached hydrogens (tertiary/aromatic N) is 2. The third kappa shape index (κ3) is 5.66. The molecule has 4 aromatic rings. The molecule has 0 saturated heterocycles. The van der Waals surface area contributed by atoms with Crippen LogP contribution in [-0.2, 0) is 9.36 Å². The van der Waals surface area contributed by atoms with Gasteiger partial charge in [-0.15, -0.1) is 0 Å². The molecule has 1 N–H and O–H groups in total. The molecule has 4 aromatic carbocycles. The molecule has 0 radical (unpaired) electrons. The van der Waals surface area contributed by atoms with E-state index in [1.807, 2.05) is 72.8 Å². The summed E-state index contributed by atoms with van der Waals surface area (Å²) in [6.45, 7) is 0. The molecule has 0 bridgehead atoms. The molecule has 178 valence electrons. The summed E-state index contributed by atoms with van der Waals surface area (Å²) in [4.78, 5) is 13.1. The fourth-order valence-electron chi connectivity index (χ4n) is 3.59. The number of para-hydroxylation sites is 4. The van der Waals surface area contributed by atoms with Gasteiger partial charge in [-0.25, -0.2) is 4.57 Å². The molecule has 0 fully saturated rings. The third-order valence-corrected chi connectivity index (χ3v) is 8.07. The number of carbonyl (C=O) groups excluding carboxylic acids is 1. The number of alkyl halides is 3. The number of nitrogens with one attached hydrogen (secondary N) is 1. The van der Waals surface area contributed by atoms with Crippen molar-refractivity contribution in [2.45, 2.75) is 3.79 Å². The summed E-state index contributed by atoms with van der Waals surface area (Å²) in [5, 5.41) is 2.60. The monoisotopic (exact) mass is 543 g/mol. The average Bonchev–Trinajstić information content (AvgIpc) is 2.86. The lowest BCUT2D eigenvalue weighted by molar-refractivity contribution is -0.118. The quantitative estimate of drug-likeness (QED) is 0.188. The van der Waals surface area contributed by atoms with Crippen molar-refractivity contribution < 1.29 is 9.36 Å². The predicted molar refractivity (Wildman–Crippen MR) is 146 cm³/mol. The highest BCUT2D eigenvalue weighted by atomic mass is 35.6. The van der Waals surface area contributed by atoms with Gasteiger partial charge in [0.15, 0.2) is 0 Å². The molecule has 0 spiro atoms. The van der Waals surface area contributed by atoms with Gasteiger partial charge in [-0.2, -0.15) is 0 Å². The van der Waals surface area contributed by atoms with E-state index in [0.717, 1.165) is 0 Å². The first kappa shape index (κ1) is 25.2. The first-order valence-electron chi connectivity index (χ1n) is 10.6. The van der Waals surface area contributed by atoms with Crippen LogP contribution in [0.1, 0.15) is 0 Å². The Balaban J connectivity index is 2.03. The minimum absolute atomic E-state index is 0.573. The van der Waals surface area contributed by atoms with E-state index in [1.165, 1.54) is 0 Å². The highest BCUT2D eigenvalue weighted by molar-refractivity contribution is 7.66. The topological polar surface area (TPSA) is 52.7 Å². The first-order chi connectivity index (χ1) is 16.8. The Morgan fingerprint density at radius 2 is 0.829 bits per heavy atom. The van der Waals surface area contributed by atoms with Crippen LogP contribution in [0.25, 0.3) is 0 Å². The van der Waals surface area contributed by atoms with Crippen LogP contribution >= 0.6 is 42.4 Å². The van der Waals surface area contributed by atoms with Gasteiger partial charge in [0.05, 0.1) is 22.7 Å². The number of halogens is 3. The predicted octanol–water partition coefficient (Wildman–Crippen LogP) is 8.26. The van der Waals surface area contributed by atoms with Crippen LogP contribution in [0.2, 0.25) is 0 Å². The minimum Gasteiger partial charge on any atom is -0.270 e.